The van der Waals surface area contributed by atoms with Crippen molar-refractivity contribution in [1.82, 2.24) is 20.9 Å². The minimum atomic E-state index is -0.0676. The van der Waals surface area contributed by atoms with Gasteiger partial charge in [-0.15, -0.1) is 24.0 Å². The van der Waals surface area contributed by atoms with Crippen LogP contribution in [-0.2, 0) is 6.54 Å². The molecule has 2 rings (SSSR count). The van der Waals surface area contributed by atoms with Crippen LogP contribution in [0.15, 0.2) is 58.1 Å². The highest BCUT2D eigenvalue weighted by molar-refractivity contribution is 14.0. The summed E-state index contributed by atoms with van der Waals surface area (Å²) in [5.41, 5.74) is 1.57. The maximum Gasteiger partial charge on any atom is 0.251 e. The van der Waals surface area contributed by atoms with E-state index < -0.39 is 0 Å². The maximum atomic E-state index is 12.1. The predicted octanol–water partition coefficient (Wildman–Crippen LogP) is 3.34. The van der Waals surface area contributed by atoms with Gasteiger partial charge in [0, 0.05) is 35.9 Å². The number of nitrogens with zero attached hydrogens (tertiary/aromatic N) is 2. The van der Waals surface area contributed by atoms with Gasteiger partial charge in [0.25, 0.3) is 5.91 Å². The molecule has 0 aliphatic carbocycles. The third kappa shape index (κ3) is 9.18. The summed E-state index contributed by atoms with van der Waals surface area (Å²) in [6, 6.07) is 13.1. The summed E-state index contributed by atoms with van der Waals surface area (Å²) in [6.07, 6.45) is 2.56. The van der Waals surface area contributed by atoms with Crippen molar-refractivity contribution in [3.8, 4) is 0 Å². The van der Waals surface area contributed by atoms with E-state index in [1.807, 2.05) is 37.3 Å². The molecule has 1 aromatic carbocycles. The second-order valence-electron chi connectivity index (χ2n) is 5.56. The maximum absolute atomic E-state index is 12.1. The number of carbonyl (C=O) groups excluding carboxylic acids is 1. The highest BCUT2D eigenvalue weighted by Gasteiger charge is 2.04. The van der Waals surface area contributed by atoms with E-state index in [4.69, 9.17) is 0 Å². The average Bonchev–Trinajstić information content (AvgIpc) is 2.66. The fourth-order valence-electron chi connectivity index (χ4n) is 2.22. The molecular formula is C19H25BrIN5O. The molecule has 27 heavy (non-hydrogen) atoms. The Balaban J connectivity index is 0.00000364. The number of hydrogen-bond acceptors (Lipinski definition) is 3. The Morgan fingerprint density at radius 1 is 1.11 bits per heavy atom. The van der Waals surface area contributed by atoms with E-state index in [1.165, 1.54) is 0 Å². The number of nitrogens with one attached hydrogen (secondary N) is 3. The zero-order valence-corrected chi connectivity index (χ0v) is 19.2. The number of benzene rings is 1. The molecule has 0 atom stereocenters. The van der Waals surface area contributed by atoms with Crippen molar-refractivity contribution in [2.45, 2.75) is 19.9 Å². The van der Waals surface area contributed by atoms with E-state index in [1.54, 1.807) is 18.3 Å². The first-order valence-electron chi connectivity index (χ1n) is 8.65. The smallest absolute Gasteiger partial charge is 0.251 e. The van der Waals surface area contributed by atoms with Gasteiger partial charge in [0.05, 0.1) is 12.2 Å². The summed E-state index contributed by atoms with van der Waals surface area (Å²) < 4.78 is 0.895. The monoisotopic (exact) mass is 545 g/mol. The molecule has 1 aromatic heterocycles. The number of rotatable bonds is 8. The van der Waals surface area contributed by atoms with Gasteiger partial charge in [0.15, 0.2) is 5.96 Å². The number of pyridine rings is 1. The molecule has 0 unspecified atom stereocenters. The van der Waals surface area contributed by atoms with Gasteiger partial charge in [-0.05, 0) is 43.7 Å². The zero-order valence-electron chi connectivity index (χ0n) is 15.2. The zero-order chi connectivity index (χ0) is 18.6. The summed E-state index contributed by atoms with van der Waals surface area (Å²) in [6.45, 7) is 4.64. The first kappa shape index (κ1) is 23.4. The molecule has 1 amide bonds. The molecule has 3 N–H and O–H groups in total. The third-order valence-corrected chi connectivity index (χ3v) is 3.98. The number of amides is 1. The number of halogens is 2. The quantitative estimate of drug-likeness (QED) is 0.206. The van der Waals surface area contributed by atoms with Crippen molar-refractivity contribution in [3.63, 3.8) is 0 Å². The van der Waals surface area contributed by atoms with Crippen molar-refractivity contribution in [2.24, 2.45) is 4.99 Å². The van der Waals surface area contributed by atoms with Crippen LogP contribution in [0.3, 0.4) is 0 Å². The van der Waals surface area contributed by atoms with Gasteiger partial charge in [0.2, 0.25) is 0 Å². The van der Waals surface area contributed by atoms with Crippen LogP contribution in [-0.4, -0.2) is 36.5 Å². The van der Waals surface area contributed by atoms with Gasteiger partial charge >= 0.3 is 0 Å². The fraction of sp³-hybridized carbons (Fsp3) is 0.316. The Bertz CT molecular complexity index is 727. The molecule has 6 nitrogen and oxygen atoms in total. The number of hydrogen-bond donors (Lipinski definition) is 3. The molecule has 0 aliphatic heterocycles. The second kappa shape index (κ2) is 13.5. The molecule has 0 radical (unpaired) electrons. The van der Waals surface area contributed by atoms with E-state index >= 15 is 0 Å². The van der Waals surface area contributed by atoms with Crippen molar-refractivity contribution in [1.29, 1.82) is 0 Å². The Labute approximate surface area is 185 Å². The Hall–Kier alpha value is -1.68. The molecule has 0 saturated heterocycles. The highest BCUT2D eigenvalue weighted by atomic mass is 127. The Morgan fingerprint density at radius 2 is 1.93 bits per heavy atom. The van der Waals surface area contributed by atoms with Crippen molar-refractivity contribution in [2.75, 3.05) is 19.6 Å². The minimum Gasteiger partial charge on any atom is -0.357 e. The summed E-state index contributed by atoms with van der Waals surface area (Å²) in [7, 11) is 0. The summed E-state index contributed by atoms with van der Waals surface area (Å²) in [5, 5.41) is 9.39. The van der Waals surface area contributed by atoms with E-state index in [-0.39, 0.29) is 29.9 Å². The molecule has 146 valence electrons. The van der Waals surface area contributed by atoms with Gasteiger partial charge in [-0.25, -0.2) is 4.99 Å². The molecule has 2 aromatic rings. The van der Waals surface area contributed by atoms with Crippen LogP contribution in [0.2, 0.25) is 0 Å². The summed E-state index contributed by atoms with van der Waals surface area (Å²) >= 11 is 3.37. The summed E-state index contributed by atoms with van der Waals surface area (Å²) in [5.74, 6) is 0.679. The Kier molecular flexibility index (Phi) is 11.7. The topological polar surface area (TPSA) is 78.4 Å². The molecule has 0 fully saturated rings. The third-order valence-electron chi connectivity index (χ3n) is 3.49. The van der Waals surface area contributed by atoms with E-state index in [0.717, 1.165) is 29.1 Å². The standard InChI is InChI=1S/C19H24BrN5O.HI/c1-2-21-19(25-14-17-9-3-4-10-22-17)24-12-6-11-23-18(26)15-7-5-8-16(20)13-15;/h3-5,7-10,13H,2,6,11-12,14H2,1H3,(H,23,26)(H2,21,24,25);1H. The first-order chi connectivity index (χ1) is 12.7. The van der Waals surface area contributed by atoms with E-state index in [2.05, 4.69) is 41.9 Å². The lowest BCUT2D eigenvalue weighted by molar-refractivity contribution is 0.0953. The van der Waals surface area contributed by atoms with Crippen LogP contribution < -0.4 is 16.0 Å². The predicted molar refractivity (Wildman–Crippen MR) is 124 cm³/mol. The number of carbonyl (C=O) groups is 1. The molecule has 0 aliphatic rings. The van der Waals surface area contributed by atoms with Crippen molar-refractivity contribution < 1.29 is 4.79 Å². The van der Waals surface area contributed by atoms with Gasteiger partial charge in [0.1, 0.15) is 0 Å². The molecule has 0 bridgehead atoms. The Morgan fingerprint density at radius 3 is 2.63 bits per heavy atom. The molecule has 0 saturated carbocycles. The lowest BCUT2D eigenvalue weighted by Crippen LogP contribution is -2.38. The molecule has 1 heterocycles. The molecular weight excluding hydrogens is 521 g/mol. The van der Waals surface area contributed by atoms with Gasteiger partial charge in [-0.3, -0.25) is 9.78 Å². The lowest BCUT2D eigenvalue weighted by atomic mass is 10.2. The van der Waals surface area contributed by atoms with Crippen LogP contribution in [0.5, 0.6) is 0 Å². The molecule has 0 spiro atoms. The van der Waals surface area contributed by atoms with Gasteiger partial charge < -0.3 is 16.0 Å². The summed E-state index contributed by atoms with van der Waals surface area (Å²) in [4.78, 5) is 20.8. The van der Waals surface area contributed by atoms with Crippen molar-refractivity contribution in [3.05, 3.63) is 64.4 Å². The largest absolute Gasteiger partial charge is 0.357 e. The van der Waals surface area contributed by atoms with Gasteiger partial charge in [-0.1, -0.05) is 28.1 Å². The fourth-order valence-corrected chi connectivity index (χ4v) is 2.62. The number of aliphatic imine (C=N–C) groups is 1. The van der Waals surface area contributed by atoms with Crippen LogP contribution in [0.1, 0.15) is 29.4 Å². The lowest BCUT2D eigenvalue weighted by Gasteiger charge is -2.11. The van der Waals surface area contributed by atoms with E-state index in [9.17, 15) is 4.79 Å². The van der Waals surface area contributed by atoms with Crippen molar-refractivity contribution >= 4 is 51.8 Å². The van der Waals surface area contributed by atoms with E-state index in [0.29, 0.717) is 25.2 Å². The normalized spacial score (nSPS) is 10.7. The number of aromatic nitrogens is 1. The van der Waals surface area contributed by atoms with Gasteiger partial charge in [-0.2, -0.15) is 0 Å². The van der Waals surface area contributed by atoms with Crippen LogP contribution >= 0.6 is 39.9 Å². The van der Waals surface area contributed by atoms with Crippen LogP contribution in [0, 0.1) is 0 Å². The van der Waals surface area contributed by atoms with Crippen LogP contribution in [0.4, 0.5) is 0 Å². The average molecular weight is 546 g/mol. The first-order valence-corrected chi connectivity index (χ1v) is 9.44. The second-order valence-corrected chi connectivity index (χ2v) is 6.48. The SMILES string of the molecule is CCNC(=NCc1ccccn1)NCCCNC(=O)c1cccc(Br)c1.I. The molecule has 8 heteroatoms. The minimum absolute atomic E-state index is 0. The number of guanidine groups is 1. The highest BCUT2D eigenvalue weighted by Crippen LogP contribution is 2.11. The van der Waals surface area contributed by atoms with Crippen LogP contribution in [0.25, 0.3) is 0 Å².